The number of ether oxygens (including phenoxy) is 1. The average Bonchev–Trinajstić information content (AvgIpc) is 3.18. The van der Waals surface area contributed by atoms with Crippen LogP contribution >= 0.6 is 39.1 Å². The SMILES string of the molecule is CC(C)(C)N1C(=O)C2CC=C3C(CC4(Cl)C(=O)N(CBr)C(=O)C4(Cl)C3c3cc(OC(F)(F)F)ccc3O)C2C1=O. The molecule has 0 bridgehead atoms. The molecule has 2 aliphatic carbocycles. The van der Waals surface area contributed by atoms with Crippen LogP contribution in [0.5, 0.6) is 11.5 Å². The minimum atomic E-state index is -5.06. The molecule has 216 valence electrons. The molecule has 0 spiro atoms. The lowest BCUT2D eigenvalue weighted by Crippen LogP contribution is -2.60. The third-order valence-corrected chi connectivity index (χ3v) is 10.1. The van der Waals surface area contributed by atoms with E-state index in [1.807, 2.05) is 0 Å². The van der Waals surface area contributed by atoms with Crippen LogP contribution in [-0.2, 0) is 19.2 Å². The third kappa shape index (κ3) is 3.92. The van der Waals surface area contributed by atoms with Gasteiger partial charge in [-0.25, -0.2) is 0 Å². The van der Waals surface area contributed by atoms with Gasteiger partial charge in [-0.15, -0.1) is 36.4 Å². The van der Waals surface area contributed by atoms with E-state index in [2.05, 4.69) is 20.7 Å². The number of imide groups is 2. The normalized spacial score (nSPS) is 34.1. The number of carbonyl (C=O) groups excluding carboxylic acids is 4. The van der Waals surface area contributed by atoms with E-state index >= 15 is 0 Å². The second-order valence-corrected chi connectivity index (χ2v) is 13.2. The van der Waals surface area contributed by atoms with Crippen LogP contribution in [0, 0.1) is 17.8 Å². The molecule has 4 amide bonds. The summed E-state index contributed by atoms with van der Waals surface area (Å²) in [6, 6.07) is 2.73. The number of fused-ring (bicyclic) bond motifs is 4. The first-order chi connectivity index (χ1) is 18.4. The van der Waals surface area contributed by atoms with Gasteiger partial charge in [0, 0.05) is 17.0 Å². The van der Waals surface area contributed by atoms with Gasteiger partial charge in [-0.1, -0.05) is 27.6 Å². The number of phenolic OH excluding ortho intramolecular Hbond substituents is 1. The number of amides is 4. The number of hydrogen-bond donors (Lipinski definition) is 1. The van der Waals surface area contributed by atoms with E-state index in [-0.39, 0.29) is 29.8 Å². The standard InChI is InChI=1S/C26H24BrCl2F3N2O6/c1-23(2,3)34-19(36)13-6-5-12-15(17(13)20(34)37)9-24(28)21(38)33(10-27)22(39)25(24,29)18(12)14-8-11(4-7-16(14)35)40-26(30,31)32/h4-5,7-8,13,15,17-18,35H,6,9-10H2,1-3H3. The number of allylic oxidation sites excluding steroid dienone is 2. The van der Waals surface area contributed by atoms with E-state index in [1.54, 1.807) is 26.8 Å². The van der Waals surface area contributed by atoms with Crippen molar-refractivity contribution in [3.05, 3.63) is 35.4 Å². The molecule has 14 heteroatoms. The lowest BCUT2D eigenvalue weighted by Gasteiger charge is -2.50. The van der Waals surface area contributed by atoms with Crippen LogP contribution in [0.2, 0.25) is 0 Å². The molecule has 40 heavy (non-hydrogen) atoms. The molecule has 1 aromatic rings. The number of carbonyl (C=O) groups is 4. The van der Waals surface area contributed by atoms with Crippen molar-refractivity contribution < 1.29 is 42.2 Å². The third-order valence-electron chi connectivity index (χ3n) is 8.23. The topological polar surface area (TPSA) is 104 Å². The van der Waals surface area contributed by atoms with Gasteiger partial charge < -0.3 is 9.84 Å². The Hall–Kier alpha value is -2.31. The molecule has 1 saturated carbocycles. The van der Waals surface area contributed by atoms with Gasteiger partial charge in [-0.3, -0.25) is 29.0 Å². The Balaban J connectivity index is 1.74. The summed E-state index contributed by atoms with van der Waals surface area (Å²) < 4.78 is 43.3. The van der Waals surface area contributed by atoms with Crippen molar-refractivity contribution in [2.24, 2.45) is 17.8 Å². The van der Waals surface area contributed by atoms with Crippen molar-refractivity contribution in [1.82, 2.24) is 9.80 Å². The van der Waals surface area contributed by atoms with Gasteiger partial charge in [0.25, 0.3) is 11.8 Å². The number of aromatic hydroxyl groups is 1. The summed E-state index contributed by atoms with van der Waals surface area (Å²) in [4.78, 5) is 52.0. The predicted molar refractivity (Wildman–Crippen MR) is 140 cm³/mol. The Bertz CT molecular complexity index is 1380. The monoisotopic (exact) mass is 666 g/mol. The molecule has 2 heterocycles. The molecule has 5 rings (SSSR count). The molecular formula is C26H24BrCl2F3N2O6. The maximum atomic E-state index is 13.8. The Morgan fingerprint density at radius 3 is 2.30 bits per heavy atom. The van der Waals surface area contributed by atoms with Gasteiger partial charge in [0.15, 0.2) is 9.75 Å². The smallest absolute Gasteiger partial charge is 0.508 e. The Morgan fingerprint density at radius 1 is 1.07 bits per heavy atom. The van der Waals surface area contributed by atoms with Crippen LogP contribution in [0.1, 0.15) is 45.1 Å². The van der Waals surface area contributed by atoms with Crippen molar-refractivity contribution >= 4 is 62.8 Å². The van der Waals surface area contributed by atoms with Gasteiger partial charge in [-0.2, -0.15) is 0 Å². The number of hydrogen-bond acceptors (Lipinski definition) is 6. The van der Waals surface area contributed by atoms with E-state index in [0.717, 1.165) is 23.1 Å². The summed E-state index contributed by atoms with van der Waals surface area (Å²) in [6.07, 6.45) is -3.64. The zero-order chi connectivity index (χ0) is 29.7. The molecule has 3 fully saturated rings. The van der Waals surface area contributed by atoms with Gasteiger partial charge in [0.05, 0.1) is 17.3 Å². The predicted octanol–water partition coefficient (Wildman–Crippen LogP) is 4.80. The summed E-state index contributed by atoms with van der Waals surface area (Å²) in [7, 11) is 0. The fourth-order valence-electron chi connectivity index (χ4n) is 6.72. The quantitative estimate of drug-likeness (QED) is 0.215. The van der Waals surface area contributed by atoms with Crippen molar-refractivity contribution in [3.8, 4) is 11.5 Å². The fourth-order valence-corrected chi connectivity index (χ4v) is 8.14. The highest BCUT2D eigenvalue weighted by Gasteiger charge is 2.76. The maximum absolute atomic E-state index is 13.8. The number of nitrogens with zero attached hydrogens (tertiary/aromatic N) is 2. The minimum Gasteiger partial charge on any atom is -0.508 e. The molecule has 0 radical (unpaired) electrons. The van der Waals surface area contributed by atoms with Crippen molar-refractivity contribution in [3.63, 3.8) is 0 Å². The molecule has 6 unspecified atom stereocenters. The van der Waals surface area contributed by atoms with E-state index in [9.17, 15) is 37.5 Å². The zero-order valence-electron chi connectivity index (χ0n) is 21.4. The van der Waals surface area contributed by atoms with Crippen molar-refractivity contribution in [1.29, 1.82) is 0 Å². The molecule has 6 atom stereocenters. The summed E-state index contributed by atoms with van der Waals surface area (Å²) in [6.45, 7) is 5.13. The van der Waals surface area contributed by atoms with E-state index in [1.165, 1.54) is 4.90 Å². The van der Waals surface area contributed by atoms with Gasteiger partial charge >= 0.3 is 6.36 Å². The number of halogens is 6. The van der Waals surface area contributed by atoms with Crippen LogP contribution in [0.15, 0.2) is 29.8 Å². The molecule has 1 N–H and O–H groups in total. The summed E-state index contributed by atoms with van der Waals surface area (Å²) >= 11 is 17.2. The van der Waals surface area contributed by atoms with Crippen LogP contribution in [-0.4, -0.2) is 65.6 Å². The second-order valence-electron chi connectivity index (χ2n) is 11.4. The van der Waals surface area contributed by atoms with Gasteiger partial charge in [0.2, 0.25) is 11.8 Å². The first kappa shape index (κ1) is 29.2. The average molecular weight is 668 g/mol. The van der Waals surface area contributed by atoms with Gasteiger partial charge in [-0.05, 0) is 57.7 Å². The van der Waals surface area contributed by atoms with Crippen LogP contribution < -0.4 is 4.74 Å². The summed E-state index contributed by atoms with van der Waals surface area (Å²) in [5.41, 5.74) is -1.02. The minimum absolute atomic E-state index is 0.0796. The molecular weight excluding hydrogens is 644 g/mol. The number of rotatable bonds is 3. The van der Waals surface area contributed by atoms with Crippen molar-refractivity contribution in [2.75, 3.05) is 5.45 Å². The molecule has 2 saturated heterocycles. The number of phenols is 1. The number of alkyl halides is 6. The van der Waals surface area contributed by atoms with E-state index in [0.29, 0.717) is 5.57 Å². The van der Waals surface area contributed by atoms with E-state index in [4.69, 9.17) is 23.2 Å². The molecule has 2 aliphatic heterocycles. The Labute approximate surface area is 245 Å². The highest BCUT2D eigenvalue weighted by molar-refractivity contribution is 9.09. The Morgan fingerprint density at radius 2 is 1.73 bits per heavy atom. The van der Waals surface area contributed by atoms with Crippen LogP contribution in [0.3, 0.4) is 0 Å². The zero-order valence-corrected chi connectivity index (χ0v) is 24.5. The van der Waals surface area contributed by atoms with E-state index < -0.39 is 74.5 Å². The first-order valence-electron chi connectivity index (χ1n) is 12.3. The number of benzene rings is 1. The molecule has 8 nitrogen and oxygen atoms in total. The molecule has 1 aromatic carbocycles. The fraction of sp³-hybridized carbons (Fsp3) is 0.538. The summed E-state index contributed by atoms with van der Waals surface area (Å²) in [5, 5.41) is 10.9. The maximum Gasteiger partial charge on any atom is 0.573 e. The lowest BCUT2D eigenvalue weighted by atomic mass is 9.56. The molecule has 4 aliphatic rings. The van der Waals surface area contributed by atoms with Crippen LogP contribution in [0.4, 0.5) is 13.2 Å². The largest absolute Gasteiger partial charge is 0.573 e. The Kier molecular flexibility index (Phi) is 6.64. The van der Waals surface area contributed by atoms with Gasteiger partial charge in [0.1, 0.15) is 11.5 Å². The second kappa shape index (κ2) is 9.09. The van der Waals surface area contributed by atoms with Crippen molar-refractivity contribution in [2.45, 2.75) is 61.2 Å². The first-order valence-corrected chi connectivity index (χ1v) is 14.2. The highest BCUT2D eigenvalue weighted by atomic mass is 79.9. The lowest BCUT2D eigenvalue weighted by molar-refractivity contribution is -0.274. The number of likely N-dealkylation sites (tertiary alicyclic amines) is 2. The summed E-state index contributed by atoms with van der Waals surface area (Å²) in [5.74, 6) is -7.89. The highest BCUT2D eigenvalue weighted by Crippen LogP contribution is 2.66. The molecule has 0 aromatic heterocycles. The van der Waals surface area contributed by atoms with Crippen LogP contribution in [0.25, 0.3) is 0 Å².